The SMILES string of the molecule is O=C(C=Cc1ccccc1)c1ccc2c(c1)Nc1ccccc1S2. The maximum absolute atomic E-state index is 12.4. The first-order valence-electron chi connectivity index (χ1n) is 7.75. The number of allylic oxidation sites excluding steroid dienone is 1. The number of rotatable bonds is 3. The van der Waals surface area contributed by atoms with Crippen molar-refractivity contribution in [1.82, 2.24) is 0 Å². The Morgan fingerprint density at radius 2 is 1.58 bits per heavy atom. The molecule has 0 unspecified atom stereocenters. The number of nitrogens with one attached hydrogen (secondary N) is 1. The van der Waals surface area contributed by atoms with E-state index in [4.69, 9.17) is 0 Å². The van der Waals surface area contributed by atoms with Crippen molar-refractivity contribution in [2.75, 3.05) is 5.32 Å². The molecule has 1 aliphatic rings. The van der Waals surface area contributed by atoms with Crippen LogP contribution in [0, 0.1) is 0 Å². The van der Waals surface area contributed by atoms with E-state index in [-0.39, 0.29) is 5.78 Å². The number of ketones is 1. The highest BCUT2D eigenvalue weighted by Gasteiger charge is 2.16. The van der Waals surface area contributed by atoms with Gasteiger partial charge < -0.3 is 5.32 Å². The summed E-state index contributed by atoms with van der Waals surface area (Å²) in [6, 6.07) is 23.8. The zero-order valence-corrected chi connectivity index (χ0v) is 13.7. The fourth-order valence-electron chi connectivity index (χ4n) is 2.62. The number of para-hydroxylation sites is 1. The van der Waals surface area contributed by atoms with Gasteiger partial charge in [-0.15, -0.1) is 0 Å². The van der Waals surface area contributed by atoms with Gasteiger partial charge in [0.15, 0.2) is 5.78 Å². The van der Waals surface area contributed by atoms with Crippen LogP contribution in [0.25, 0.3) is 6.08 Å². The molecule has 1 aliphatic heterocycles. The van der Waals surface area contributed by atoms with Gasteiger partial charge in [-0.3, -0.25) is 4.79 Å². The highest BCUT2D eigenvalue weighted by atomic mass is 32.2. The predicted octanol–water partition coefficient (Wildman–Crippen LogP) is 5.79. The highest BCUT2D eigenvalue weighted by molar-refractivity contribution is 7.99. The van der Waals surface area contributed by atoms with Gasteiger partial charge in [-0.25, -0.2) is 0 Å². The van der Waals surface area contributed by atoms with Gasteiger partial charge in [0.05, 0.1) is 11.4 Å². The Balaban J connectivity index is 1.58. The third kappa shape index (κ3) is 2.99. The molecule has 0 aromatic heterocycles. The third-order valence-electron chi connectivity index (χ3n) is 3.87. The second kappa shape index (κ2) is 6.38. The van der Waals surface area contributed by atoms with Crippen molar-refractivity contribution in [2.45, 2.75) is 9.79 Å². The molecule has 0 spiro atoms. The normalized spacial score (nSPS) is 12.3. The van der Waals surface area contributed by atoms with Gasteiger partial charge in [-0.2, -0.15) is 0 Å². The van der Waals surface area contributed by atoms with Crippen LogP contribution in [0.15, 0.2) is 88.7 Å². The summed E-state index contributed by atoms with van der Waals surface area (Å²) in [7, 11) is 0. The van der Waals surface area contributed by atoms with E-state index in [1.165, 1.54) is 4.90 Å². The van der Waals surface area contributed by atoms with E-state index in [0.29, 0.717) is 5.56 Å². The van der Waals surface area contributed by atoms with Gasteiger partial charge in [0.1, 0.15) is 0 Å². The van der Waals surface area contributed by atoms with Gasteiger partial charge in [0.25, 0.3) is 0 Å². The number of hydrogen-bond donors (Lipinski definition) is 1. The number of carbonyl (C=O) groups excluding carboxylic acids is 1. The molecule has 1 heterocycles. The molecule has 2 nitrogen and oxygen atoms in total. The summed E-state index contributed by atoms with van der Waals surface area (Å²) in [6.07, 6.45) is 3.47. The number of carbonyl (C=O) groups is 1. The molecule has 3 aromatic carbocycles. The van der Waals surface area contributed by atoms with Crippen molar-refractivity contribution in [3.63, 3.8) is 0 Å². The standard InChI is InChI=1S/C21H15NOS/c23-19(12-10-15-6-2-1-3-7-15)16-11-13-21-18(14-16)22-17-8-4-5-9-20(17)24-21/h1-14,22H. The van der Waals surface area contributed by atoms with Crippen LogP contribution in [0.2, 0.25) is 0 Å². The number of fused-ring (bicyclic) bond motifs is 2. The Morgan fingerprint density at radius 3 is 2.46 bits per heavy atom. The lowest BCUT2D eigenvalue weighted by molar-refractivity contribution is 0.104. The van der Waals surface area contributed by atoms with E-state index in [1.807, 2.05) is 66.7 Å². The fraction of sp³-hybridized carbons (Fsp3) is 0. The van der Waals surface area contributed by atoms with Crippen molar-refractivity contribution >= 4 is 35.0 Å². The number of benzene rings is 3. The van der Waals surface area contributed by atoms with Crippen LogP contribution < -0.4 is 5.32 Å². The Labute approximate surface area is 145 Å². The Bertz CT molecular complexity index is 932. The minimum Gasteiger partial charge on any atom is -0.354 e. The van der Waals surface area contributed by atoms with E-state index in [0.717, 1.165) is 21.8 Å². The molecule has 0 saturated heterocycles. The first kappa shape index (κ1) is 14.8. The van der Waals surface area contributed by atoms with E-state index in [1.54, 1.807) is 17.8 Å². The van der Waals surface area contributed by atoms with Crippen LogP contribution in [-0.4, -0.2) is 5.78 Å². The minimum absolute atomic E-state index is 0.00677. The maximum Gasteiger partial charge on any atom is 0.185 e. The van der Waals surface area contributed by atoms with Gasteiger partial charge in [-0.05, 0) is 42.0 Å². The highest BCUT2D eigenvalue weighted by Crippen LogP contribution is 2.44. The predicted molar refractivity (Wildman–Crippen MR) is 100 cm³/mol. The maximum atomic E-state index is 12.4. The minimum atomic E-state index is 0.00677. The van der Waals surface area contributed by atoms with Crippen LogP contribution in [0.5, 0.6) is 0 Å². The van der Waals surface area contributed by atoms with Gasteiger partial charge in [0.2, 0.25) is 0 Å². The molecule has 0 saturated carbocycles. The average Bonchev–Trinajstić information content (AvgIpc) is 2.64. The molecular weight excluding hydrogens is 314 g/mol. The molecule has 1 N–H and O–H groups in total. The van der Waals surface area contributed by atoms with E-state index in [2.05, 4.69) is 17.4 Å². The molecule has 0 bridgehead atoms. The monoisotopic (exact) mass is 329 g/mol. The number of hydrogen-bond acceptors (Lipinski definition) is 3. The van der Waals surface area contributed by atoms with Gasteiger partial charge in [-0.1, -0.05) is 60.3 Å². The largest absolute Gasteiger partial charge is 0.354 e. The lowest BCUT2D eigenvalue weighted by Crippen LogP contribution is -2.02. The zero-order chi connectivity index (χ0) is 16.4. The molecule has 0 amide bonds. The molecule has 0 aliphatic carbocycles. The molecule has 4 rings (SSSR count). The van der Waals surface area contributed by atoms with Crippen LogP contribution in [-0.2, 0) is 0 Å². The van der Waals surface area contributed by atoms with E-state index in [9.17, 15) is 4.79 Å². The first-order chi connectivity index (χ1) is 11.8. The van der Waals surface area contributed by atoms with E-state index >= 15 is 0 Å². The fourth-order valence-corrected chi connectivity index (χ4v) is 3.59. The van der Waals surface area contributed by atoms with Crippen molar-refractivity contribution in [3.8, 4) is 0 Å². The van der Waals surface area contributed by atoms with Crippen molar-refractivity contribution in [3.05, 3.63) is 90.0 Å². The molecule has 3 aromatic rings. The van der Waals surface area contributed by atoms with Gasteiger partial charge >= 0.3 is 0 Å². The van der Waals surface area contributed by atoms with Crippen LogP contribution in [0.3, 0.4) is 0 Å². The van der Waals surface area contributed by atoms with E-state index < -0.39 is 0 Å². The Morgan fingerprint density at radius 1 is 0.833 bits per heavy atom. The van der Waals surface area contributed by atoms with Gasteiger partial charge in [0, 0.05) is 15.4 Å². The summed E-state index contributed by atoms with van der Waals surface area (Å²) in [6.45, 7) is 0. The molecule has 0 fully saturated rings. The summed E-state index contributed by atoms with van der Waals surface area (Å²) >= 11 is 1.72. The van der Waals surface area contributed by atoms with Crippen LogP contribution in [0.4, 0.5) is 11.4 Å². The van der Waals surface area contributed by atoms with Crippen molar-refractivity contribution in [1.29, 1.82) is 0 Å². The lowest BCUT2D eigenvalue weighted by Gasteiger charge is -2.20. The second-order valence-corrected chi connectivity index (χ2v) is 6.63. The quantitative estimate of drug-likeness (QED) is 0.381. The second-order valence-electron chi connectivity index (χ2n) is 5.54. The van der Waals surface area contributed by atoms with Crippen LogP contribution in [0.1, 0.15) is 15.9 Å². The first-order valence-corrected chi connectivity index (χ1v) is 8.57. The summed E-state index contributed by atoms with van der Waals surface area (Å²) in [5, 5.41) is 3.41. The molecule has 0 radical (unpaired) electrons. The smallest absolute Gasteiger partial charge is 0.185 e. The molecular formula is C21H15NOS. The summed E-state index contributed by atoms with van der Waals surface area (Å²) < 4.78 is 0. The molecule has 24 heavy (non-hydrogen) atoms. The summed E-state index contributed by atoms with van der Waals surface area (Å²) in [4.78, 5) is 14.8. The zero-order valence-electron chi connectivity index (χ0n) is 12.9. The van der Waals surface area contributed by atoms with Crippen LogP contribution >= 0.6 is 11.8 Å². The molecule has 116 valence electrons. The summed E-state index contributed by atoms with van der Waals surface area (Å²) in [5.74, 6) is 0.00677. The average molecular weight is 329 g/mol. The Hall–Kier alpha value is -2.78. The molecule has 3 heteroatoms. The molecule has 0 atom stereocenters. The topological polar surface area (TPSA) is 29.1 Å². The van der Waals surface area contributed by atoms with Crippen molar-refractivity contribution < 1.29 is 4.79 Å². The number of anilines is 2. The Kier molecular flexibility index (Phi) is 3.93. The summed E-state index contributed by atoms with van der Waals surface area (Å²) in [5.41, 5.74) is 3.77. The lowest BCUT2D eigenvalue weighted by atomic mass is 10.1. The third-order valence-corrected chi connectivity index (χ3v) is 5.02. The van der Waals surface area contributed by atoms with Crippen molar-refractivity contribution in [2.24, 2.45) is 0 Å².